The van der Waals surface area contributed by atoms with Crippen LogP contribution in [0.25, 0.3) is 6.08 Å². The van der Waals surface area contributed by atoms with Crippen molar-refractivity contribution in [2.45, 2.75) is 32.9 Å². The monoisotopic (exact) mass is 456 g/mol. The molecule has 0 saturated carbocycles. The van der Waals surface area contributed by atoms with Gasteiger partial charge in [-0.3, -0.25) is 4.79 Å². The van der Waals surface area contributed by atoms with E-state index in [-0.39, 0.29) is 23.5 Å². The number of sulfone groups is 1. The van der Waals surface area contributed by atoms with Gasteiger partial charge in [0.05, 0.1) is 18.6 Å². The van der Waals surface area contributed by atoms with E-state index >= 15 is 0 Å². The highest BCUT2D eigenvalue weighted by atomic mass is 32.2. The SMILES string of the molecule is CCN(CC)c1ccc(CN(C(=O)/C=C/c2ccc(OC)cc2)[C@H]2CCS(=O)(=O)C2)cc1. The first-order valence-electron chi connectivity index (χ1n) is 11.0. The number of carbonyl (C=O) groups excluding carboxylic acids is 1. The minimum absolute atomic E-state index is 0.0205. The van der Waals surface area contributed by atoms with Gasteiger partial charge in [0.15, 0.2) is 9.84 Å². The van der Waals surface area contributed by atoms with Crippen LogP contribution in [-0.4, -0.2) is 57.0 Å². The van der Waals surface area contributed by atoms with Crippen LogP contribution in [0.1, 0.15) is 31.4 Å². The van der Waals surface area contributed by atoms with Crippen molar-refractivity contribution in [2.75, 3.05) is 36.6 Å². The van der Waals surface area contributed by atoms with Crippen LogP contribution >= 0.6 is 0 Å². The molecule has 0 unspecified atom stereocenters. The average molecular weight is 457 g/mol. The van der Waals surface area contributed by atoms with Crippen LogP contribution in [0.15, 0.2) is 54.6 Å². The third-order valence-corrected chi connectivity index (χ3v) is 7.63. The van der Waals surface area contributed by atoms with Crippen molar-refractivity contribution in [1.82, 2.24) is 4.90 Å². The molecule has 1 heterocycles. The van der Waals surface area contributed by atoms with E-state index in [1.165, 1.54) is 6.08 Å². The largest absolute Gasteiger partial charge is 0.497 e. The van der Waals surface area contributed by atoms with Gasteiger partial charge in [-0.15, -0.1) is 0 Å². The molecule has 0 spiro atoms. The van der Waals surface area contributed by atoms with Crippen molar-refractivity contribution in [3.8, 4) is 5.75 Å². The first-order valence-corrected chi connectivity index (χ1v) is 12.8. The van der Waals surface area contributed by atoms with Crippen LogP contribution < -0.4 is 9.64 Å². The maximum atomic E-state index is 13.1. The van der Waals surface area contributed by atoms with E-state index < -0.39 is 9.84 Å². The van der Waals surface area contributed by atoms with E-state index in [1.54, 1.807) is 18.1 Å². The fraction of sp³-hybridized carbons (Fsp3) is 0.400. The van der Waals surface area contributed by atoms with Gasteiger partial charge in [0.25, 0.3) is 0 Å². The summed E-state index contributed by atoms with van der Waals surface area (Å²) in [5, 5.41) is 0. The molecule has 6 nitrogen and oxygen atoms in total. The zero-order valence-corrected chi connectivity index (χ0v) is 19.8. The minimum Gasteiger partial charge on any atom is -0.497 e. The molecule has 1 fully saturated rings. The van der Waals surface area contributed by atoms with Gasteiger partial charge in [0, 0.05) is 37.4 Å². The Labute approximate surface area is 191 Å². The van der Waals surface area contributed by atoms with E-state index in [2.05, 4.69) is 30.9 Å². The Bertz CT molecular complexity index is 1030. The molecular formula is C25H32N2O4S. The Morgan fingerprint density at radius 3 is 2.25 bits per heavy atom. The van der Waals surface area contributed by atoms with E-state index in [0.717, 1.165) is 35.7 Å². The predicted molar refractivity (Wildman–Crippen MR) is 130 cm³/mol. The molecule has 0 aliphatic carbocycles. The second-order valence-corrected chi connectivity index (χ2v) is 10.2. The van der Waals surface area contributed by atoms with Gasteiger partial charge in [-0.05, 0) is 61.7 Å². The fourth-order valence-corrected chi connectivity index (χ4v) is 5.71. The van der Waals surface area contributed by atoms with Gasteiger partial charge in [0.1, 0.15) is 5.75 Å². The molecule has 0 N–H and O–H groups in total. The smallest absolute Gasteiger partial charge is 0.247 e. The molecule has 1 aliphatic rings. The quantitative estimate of drug-likeness (QED) is 0.538. The third-order valence-electron chi connectivity index (χ3n) is 5.88. The van der Waals surface area contributed by atoms with Crippen LogP contribution in [0.3, 0.4) is 0 Å². The summed E-state index contributed by atoms with van der Waals surface area (Å²) >= 11 is 0. The molecule has 172 valence electrons. The number of nitrogens with zero attached hydrogens (tertiary/aromatic N) is 2. The Morgan fingerprint density at radius 2 is 1.72 bits per heavy atom. The lowest BCUT2D eigenvalue weighted by atomic mass is 10.1. The van der Waals surface area contributed by atoms with Gasteiger partial charge >= 0.3 is 0 Å². The van der Waals surface area contributed by atoms with Gasteiger partial charge in [-0.1, -0.05) is 24.3 Å². The molecule has 0 aromatic heterocycles. The molecule has 32 heavy (non-hydrogen) atoms. The summed E-state index contributed by atoms with van der Waals surface area (Å²) in [6.45, 7) is 6.47. The number of rotatable bonds is 9. The molecule has 1 saturated heterocycles. The van der Waals surface area contributed by atoms with Crippen LogP contribution in [-0.2, 0) is 21.2 Å². The average Bonchev–Trinajstić information content (AvgIpc) is 3.17. The lowest BCUT2D eigenvalue weighted by Gasteiger charge is -2.28. The number of anilines is 1. The maximum absolute atomic E-state index is 13.1. The van der Waals surface area contributed by atoms with Crippen molar-refractivity contribution in [3.05, 3.63) is 65.7 Å². The number of ether oxygens (including phenoxy) is 1. The number of carbonyl (C=O) groups is 1. The molecule has 1 aliphatic heterocycles. The minimum atomic E-state index is -3.10. The van der Waals surface area contributed by atoms with Crippen LogP contribution in [0.5, 0.6) is 5.75 Å². The van der Waals surface area contributed by atoms with Crippen molar-refractivity contribution in [1.29, 1.82) is 0 Å². The van der Waals surface area contributed by atoms with Crippen LogP contribution in [0, 0.1) is 0 Å². The number of hydrogen-bond donors (Lipinski definition) is 0. The van der Waals surface area contributed by atoms with Crippen LogP contribution in [0.4, 0.5) is 5.69 Å². The highest BCUT2D eigenvalue weighted by Crippen LogP contribution is 2.23. The summed E-state index contributed by atoms with van der Waals surface area (Å²) in [7, 11) is -1.50. The van der Waals surface area contributed by atoms with Crippen molar-refractivity contribution >= 4 is 27.5 Å². The maximum Gasteiger partial charge on any atom is 0.247 e. The summed E-state index contributed by atoms with van der Waals surface area (Å²) in [6.07, 6.45) is 3.75. The van der Waals surface area contributed by atoms with E-state index in [1.807, 2.05) is 36.4 Å². The number of methoxy groups -OCH3 is 1. The van der Waals surface area contributed by atoms with Gasteiger partial charge in [-0.2, -0.15) is 0 Å². The first kappa shape index (κ1) is 23.9. The van der Waals surface area contributed by atoms with Gasteiger partial charge in [-0.25, -0.2) is 8.42 Å². The summed E-state index contributed by atoms with van der Waals surface area (Å²) in [4.78, 5) is 17.1. The van der Waals surface area contributed by atoms with Gasteiger partial charge < -0.3 is 14.5 Å². The Balaban J connectivity index is 1.78. The number of amides is 1. The molecule has 1 atom stereocenters. The second kappa shape index (κ2) is 10.7. The zero-order valence-electron chi connectivity index (χ0n) is 19.0. The second-order valence-electron chi connectivity index (χ2n) is 7.97. The molecule has 3 rings (SSSR count). The Hall–Kier alpha value is -2.80. The van der Waals surface area contributed by atoms with Crippen LogP contribution in [0.2, 0.25) is 0 Å². The number of benzene rings is 2. The molecule has 0 bridgehead atoms. The summed E-state index contributed by atoms with van der Waals surface area (Å²) in [5.41, 5.74) is 3.00. The molecule has 7 heteroatoms. The first-order chi connectivity index (χ1) is 15.3. The van der Waals surface area contributed by atoms with E-state index in [9.17, 15) is 13.2 Å². The summed E-state index contributed by atoms with van der Waals surface area (Å²) < 4.78 is 29.3. The molecule has 0 radical (unpaired) electrons. The summed E-state index contributed by atoms with van der Waals surface area (Å²) in [5.74, 6) is 0.715. The standard InChI is InChI=1S/C25H32N2O4S/c1-4-26(5-2)22-11-6-21(7-12-22)18-27(23-16-17-32(29,30)19-23)25(28)15-10-20-8-13-24(31-3)14-9-20/h6-15,23H,4-5,16-19H2,1-3H3/b15-10+/t23-/m0/s1. The zero-order chi connectivity index (χ0) is 23.1. The highest BCUT2D eigenvalue weighted by Gasteiger charge is 2.34. The highest BCUT2D eigenvalue weighted by molar-refractivity contribution is 7.91. The lowest BCUT2D eigenvalue weighted by molar-refractivity contribution is -0.128. The van der Waals surface area contributed by atoms with E-state index in [4.69, 9.17) is 4.74 Å². The van der Waals surface area contributed by atoms with Crippen molar-refractivity contribution in [3.63, 3.8) is 0 Å². The molecular weight excluding hydrogens is 424 g/mol. The van der Waals surface area contributed by atoms with Crippen molar-refractivity contribution < 1.29 is 17.9 Å². The molecule has 1 amide bonds. The molecule has 2 aromatic carbocycles. The fourth-order valence-electron chi connectivity index (χ4n) is 3.98. The third kappa shape index (κ3) is 6.13. The van der Waals surface area contributed by atoms with E-state index in [0.29, 0.717) is 13.0 Å². The van der Waals surface area contributed by atoms with Crippen molar-refractivity contribution in [2.24, 2.45) is 0 Å². The Morgan fingerprint density at radius 1 is 1.06 bits per heavy atom. The number of hydrogen-bond acceptors (Lipinski definition) is 5. The topological polar surface area (TPSA) is 66.9 Å². The lowest BCUT2D eigenvalue weighted by Crippen LogP contribution is -2.39. The predicted octanol–water partition coefficient (Wildman–Crippen LogP) is 3.77. The van der Waals surface area contributed by atoms with Gasteiger partial charge in [0.2, 0.25) is 5.91 Å². The summed E-state index contributed by atoms with van der Waals surface area (Å²) in [6, 6.07) is 15.3. The molecule has 2 aromatic rings. The Kier molecular flexibility index (Phi) is 7.96. The normalized spacial score (nSPS) is 17.4.